The van der Waals surface area contributed by atoms with Gasteiger partial charge < -0.3 is 10.6 Å². The Labute approximate surface area is 169 Å². The quantitative estimate of drug-likeness (QED) is 0.249. The summed E-state index contributed by atoms with van der Waals surface area (Å²) in [6, 6.07) is 13.0. The van der Waals surface area contributed by atoms with Gasteiger partial charge in [-0.15, -0.1) is 11.8 Å². The van der Waals surface area contributed by atoms with E-state index in [-0.39, 0.29) is 10.7 Å². The molecule has 4 N–H and O–H groups in total. The van der Waals surface area contributed by atoms with Gasteiger partial charge in [-0.25, -0.2) is 17.9 Å². The molecule has 0 aliphatic carbocycles. The van der Waals surface area contributed by atoms with Gasteiger partial charge in [0, 0.05) is 25.0 Å². The van der Waals surface area contributed by atoms with Gasteiger partial charge in [-0.2, -0.15) is 0 Å². The summed E-state index contributed by atoms with van der Waals surface area (Å²) in [5.41, 5.74) is 1.01. The third kappa shape index (κ3) is 7.87. The molecule has 0 aliphatic rings. The van der Waals surface area contributed by atoms with Crippen LogP contribution in [0.5, 0.6) is 0 Å². The van der Waals surface area contributed by atoms with E-state index in [0.29, 0.717) is 12.5 Å². The summed E-state index contributed by atoms with van der Waals surface area (Å²) in [6.07, 6.45) is 1.67. The van der Waals surface area contributed by atoms with Crippen LogP contribution in [0.3, 0.4) is 0 Å². The SMILES string of the molecule is CN=C(NCCCSc1ccc(F)cc1)NCCc1ccc(S(N)(=O)=O)cc1. The Morgan fingerprint density at radius 2 is 1.71 bits per heavy atom. The summed E-state index contributed by atoms with van der Waals surface area (Å²) in [5, 5.41) is 11.6. The molecule has 0 heterocycles. The van der Waals surface area contributed by atoms with Crippen LogP contribution in [0.4, 0.5) is 4.39 Å². The highest BCUT2D eigenvalue weighted by molar-refractivity contribution is 7.99. The number of thioether (sulfide) groups is 1. The third-order valence-corrected chi connectivity index (χ3v) is 5.91. The van der Waals surface area contributed by atoms with E-state index in [9.17, 15) is 12.8 Å². The van der Waals surface area contributed by atoms with Gasteiger partial charge in [-0.1, -0.05) is 12.1 Å². The zero-order valence-electron chi connectivity index (χ0n) is 15.7. The van der Waals surface area contributed by atoms with Gasteiger partial charge in [0.05, 0.1) is 4.90 Å². The van der Waals surface area contributed by atoms with Crippen LogP contribution in [0, 0.1) is 5.82 Å². The first-order chi connectivity index (χ1) is 13.4. The fourth-order valence-corrected chi connectivity index (χ4v) is 3.76. The molecule has 0 aliphatic heterocycles. The van der Waals surface area contributed by atoms with Crippen LogP contribution >= 0.6 is 11.8 Å². The molecule has 2 rings (SSSR count). The predicted molar refractivity (Wildman–Crippen MR) is 113 cm³/mol. The fraction of sp³-hybridized carbons (Fsp3) is 0.316. The minimum atomic E-state index is -3.66. The molecular formula is C19H25FN4O2S2. The highest BCUT2D eigenvalue weighted by atomic mass is 32.2. The van der Waals surface area contributed by atoms with Crippen LogP contribution in [-0.4, -0.2) is 40.3 Å². The molecule has 6 nitrogen and oxygen atoms in total. The zero-order valence-corrected chi connectivity index (χ0v) is 17.3. The number of rotatable bonds is 9. The van der Waals surface area contributed by atoms with Gasteiger partial charge in [0.15, 0.2) is 5.96 Å². The number of benzene rings is 2. The lowest BCUT2D eigenvalue weighted by Crippen LogP contribution is -2.38. The smallest absolute Gasteiger partial charge is 0.238 e. The lowest BCUT2D eigenvalue weighted by atomic mass is 10.1. The molecule has 0 fully saturated rings. The van der Waals surface area contributed by atoms with Crippen LogP contribution in [0.1, 0.15) is 12.0 Å². The summed E-state index contributed by atoms with van der Waals surface area (Å²) in [6.45, 7) is 1.44. The van der Waals surface area contributed by atoms with Crippen LogP contribution in [0.25, 0.3) is 0 Å². The first-order valence-electron chi connectivity index (χ1n) is 8.83. The monoisotopic (exact) mass is 424 g/mol. The van der Waals surface area contributed by atoms with Crippen molar-refractivity contribution in [3.8, 4) is 0 Å². The number of halogens is 1. The Bertz CT molecular complexity index is 870. The molecule has 0 spiro atoms. The lowest BCUT2D eigenvalue weighted by molar-refractivity contribution is 0.597. The predicted octanol–water partition coefficient (Wildman–Crippen LogP) is 2.36. The zero-order chi connectivity index (χ0) is 20.4. The summed E-state index contributed by atoms with van der Waals surface area (Å²) >= 11 is 1.69. The molecule has 9 heteroatoms. The van der Waals surface area contributed by atoms with Gasteiger partial charge in [0.1, 0.15) is 5.82 Å². The number of aliphatic imine (C=N–C) groups is 1. The van der Waals surface area contributed by atoms with E-state index in [4.69, 9.17) is 5.14 Å². The third-order valence-electron chi connectivity index (χ3n) is 3.88. The number of nitrogens with two attached hydrogens (primary N) is 1. The van der Waals surface area contributed by atoms with E-state index in [1.807, 2.05) is 0 Å². The molecule has 0 aromatic heterocycles. The number of sulfonamides is 1. The summed E-state index contributed by atoms with van der Waals surface area (Å²) in [5.74, 6) is 1.42. The van der Waals surface area contributed by atoms with E-state index in [1.165, 1.54) is 24.3 Å². The van der Waals surface area contributed by atoms with Crippen molar-refractivity contribution in [2.45, 2.75) is 22.6 Å². The maximum absolute atomic E-state index is 12.9. The molecule has 0 bridgehead atoms. The molecule has 0 atom stereocenters. The van der Waals surface area contributed by atoms with Crippen molar-refractivity contribution in [3.05, 3.63) is 59.9 Å². The maximum Gasteiger partial charge on any atom is 0.238 e. The number of nitrogens with one attached hydrogen (secondary N) is 2. The Morgan fingerprint density at radius 1 is 1.07 bits per heavy atom. The van der Waals surface area contributed by atoms with Crippen molar-refractivity contribution in [1.29, 1.82) is 0 Å². The number of hydrogen-bond donors (Lipinski definition) is 3. The van der Waals surface area contributed by atoms with Crippen molar-refractivity contribution >= 4 is 27.7 Å². The molecule has 0 saturated heterocycles. The fourth-order valence-electron chi connectivity index (χ4n) is 2.39. The Hall–Kier alpha value is -2.10. The Morgan fingerprint density at radius 3 is 2.32 bits per heavy atom. The van der Waals surface area contributed by atoms with Crippen LogP contribution in [-0.2, 0) is 16.4 Å². The average molecular weight is 425 g/mol. The van der Waals surface area contributed by atoms with Gasteiger partial charge in [0.25, 0.3) is 0 Å². The summed E-state index contributed by atoms with van der Waals surface area (Å²) in [4.78, 5) is 5.35. The maximum atomic E-state index is 12.9. The van der Waals surface area contributed by atoms with Crippen LogP contribution in [0.2, 0.25) is 0 Å². The molecule has 152 valence electrons. The second-order valence-corrected chi connectivity index (χ2v) is 8.75. The molecule has 2 aromatic rings. The van der Waals surface area contributed by atoms with E-state index in [0.717, 1.165) is 35.6 Å². The average Bonchev–Trinajstić information content (AvgIpc) is 2.67. The normalized spacial score (nSPS) is 12.0. The lowest BCUT2D eigenvalue weighted by Gasteiger charge is -2.12. The topological polar surface area (TPSA) is 96.6 Å². The van der Waals surface area contributed by atoms with E-state index in [1.54, 1.807) is 43.1 Å². The minimum absolute atomic E-state index is 0.111. The Balaban J connectivity index is 1.64. The highest BCUT2D eigenvalue weighted by Crippen LogP contribution is 2.18. The van der Waals surface area contributed by atoms with Crippen molar-refractivity contribution < 1.29 is 12.8 Å². The molecule has 0 amide bonds. The standard InChI is InChI=1S/C19H25FN4O2S2/c1-22-19(23-12-2-14-27-17-7-5-16(20)6-8-17)24-13-11-15-3-9-18(10-4-15)28(21,25)26/h3-10H,2,11-14H2,1H3,(H2,21,25,26)(H2,22,23,24). The minimum Gasteiger partial charge on any atom is -0.356 e. The second kappa shape index (κ2) is 11.0. The number of hydrogen-bond acceptors (Lipinski definition) is 4. The molecule has 2 aromatic carbocycles. The van der Waals surface area contributed by atoms with Crippen LogP contribution < -0.4 is 15.8 Å². The number of nitrogens with zero attached hydrogens (tertiary/aromatic N) is 1. The first kappa shape index (κ1) is 22.2. The molecule has 28 heavy (non-hydrogen) atoms. The molecule has 0 unspecified atom stereocenters. The van der Waals surface area contributed by atoms with Gasteiger partial charge in [0.2, 0.25) is 10.0 Å². The number of primary sulfonamides is 1. The van der Waals surface area contributed by atoms with Crippen molar-refractivity contribution in [1.82, 2.24) is 10.6 Å². The molecule has 0 radical (unpaired) electrons. The number of guanidine groups is 1. The molecular weight excluding hydrogens is 399 g/mol. The first-order valence-corrected chi connectivity index (χ1v) is 11.4. The second-order valence-electron chi connectivity index (χ2n) is 6.02. The Kier molecular flexibility index (Phi) is 8.75. The van der Waals surface area contributed by atoms with Gasteiger partial charge >= 0.3 is 0 Å². The van der Waals surface area contributed by atoms with Gasteiger partial charge in [-0.05, 0) is 60.6 Å². The highest BCUT2D eigenvalue weighted by Gasteiger charge is 2.06. The molecule has 0 saturated carbocycles. The summed E-state index contributed by atoms with van der Waals surface area (Å²) < 4.78 is 35.4. The van der Waals surface area contributed by atoms with E-state index >= 15 is 0 Å². The van der Waals surface area contributed by atoms with E-state index < -0.39 is 10.0 Å². The van der Waals surface area contributed by atoms with E-state index in [2.05, 4.69) is 15.6 Å². The summed E-state index contributed by atoms with van der Waals surface area (Å²) in [7, 11) is -1.94. The largest absolute Gasteiger partial charge is 0.356 e. The van der Waals surface area contributed by atoms with Gasteiger partial charge in [-0.3, -0.25) is 4.99 Å². The van der Waals surface area contributed by atoms with Crippen molar-refractivity contribution in [3.63, 3.8) is 0 Å². The van der Waals surface area contributed by atoms with Crippen LogP contribution in [0.15, 0.2) is 63.3 Å². The van der Waals surface area contributed by atoms with Crippen molar-refractivity contribution in [2.75, 3.05) is 25.9 Å². The van der Waals surface area contributed by atoms with Crippen molar-refractivity contribution in [2.24, 2.45) is 10.1 Å².